The van der Waals surface area contributed by atoms with Crippen LogP contribution in [0.4, 0.5) is 9.18 Å². The lowest BCUT2D eigenvalue weighted by Gasteiger charge is -2.45. The third kappa shape index (κ3) is 3.76. The lowest BCUT2D eigenvalue weighted by Crippen LogP contribution is -2.61. The number of amides is 2. The van der Waals surface area contributed by atoms with Gasteiger partial charge < -0.3 is 19.3 Å². The van der Waals surface area contributed by atoms with Gasteiger partial charge in [-0.05, 0) is 44.2 Å². The van der Waals surface area contributed by atoms with E-state index >= 15 is 0 Å². The smallest absolute Gasteiger partial charge is 0.407 e. The zero-order chi connectivity index (χ0) is 22.3. The molecule has 3 aromatic rings. The van der Waals surface area contributed by atoms with Gasteiger partial charge in [0.25, 0.3) is 5.91 Å². The number of piperazine rings is 1. The van der Waals surface area contributed by atoms with E-state index in [-0.39, 0.29) is 37.1 Å². The Morgan fingerprint density at radius 1 is 1.23 bits per heavy atom. The van der Waals surface area contributed by atoms with Crippen LogP contribution in [0.5, 0.6) is 0 Å². The van der Waals surface area contributed by atoms with E-state index < -0.39 is 11.6 Å². The van der Waals surface area contributed by atoms with Gasteiger partial charge in [-0.15, -0.1) is 0 Å². The summed E-state index contributed by atoms with van der Waals surface area (Å²) in [5.41, 5.74) is 2.23. The summed E-state index contributed by atoms with van der Waals surface area (Å²) in [6.07, 6.45) is 0.613. The van der Waals surface area contributed by atoms with Crippen molar-refractivity contribution in [2.75, 3.05) is 19.6 Å². The maximum Gasteiger partial charge on any atom is 0.407 e. The predicted octanol–water partition coefficient (Wildman–Crippen LogP) is 4.49. The number of nitrogens with zero attached hydrogens (tertiary/aromatic N) is 3. The lowest BCUT2D eigenvalue weighted by molar-refractivity contribution is 0.0179. The largest absolute Gasteiger partial charge is 0.465 e. The van der Waals surface area contributed by atoms with Gasteiger partial charge in [-0.2, -0.15) is 0 Å². The van der Waals surface area contributed by atoms with Crippen LogP contribution in [0.2, 0.25) is 0 Å². The van der Waals surface area contributed by atoms with Crippen molar-refractivity contribution in [1.29, 1.82) is 0 Å². The van der Waals surface area contributed by atoms with E-state index in [1.54, 1.807) is 35.2 Å². The number of hydrogen-bond acceptors (Lipinski definition) is 4. The molecule has 1 fully saturated rings. The van der Waals surface area contributed by atoms with Gasteiger partial charge in [0.15, 0.2) is 11.3 Å². The molecule has 0 radical (unpaired) electrons. The second kappa shape index (κ2) is 7.54. The number of pyridine rings is 1. The number of carbonyl (C=O) groups is 2. The summed E-state index contributed by atoms with van der Waals surface area (Å²) in [7, 11) is 0. The Hall–Kier alpha value is -3.68. The SMILES string of the molecule is C=Cc1cc(-c2ccc(F)cc2)nc2cc(C(=O)N3CCN(C(=O)O)CC3(C)C)oc12. The Bertz CT molecular complexity index is 1180. The van der Waals surface area contributed by atoms with Crippen LogP contribution < -0.4 is 0 Å². The summed E-state index contributed by atoms with van der Waals surface area (Å²) in [5, 5.41) is 9.27. The quantitative estimate of drug-likeness (QED) is 0.671. The average molecular weight is 423 g/mol. The Morgan fingerprint density at radius 3 is 2.55 bits per heavy atom. The van der Waals surface area contributed by atoms with Crippen molar-refractivity contribution < 1.29 is 23.5 Å². The fourth-order valence-electron chi connectivity index (χ4n) is 3.90. The average Bonchev–Trinajstić information content (AvgIpc) is 3.16. The van der Waals surface area contributed by atoms with E-state index in [4.69, 9.17) is 4.42 Å². The van der Waals surface area contributed by atoms with Crippen molar-refractivity contribution in [2.45, 2.75) is 19.4 Å². The van der Waals surface area contributed by atoms with Crippen LogP contribution in [0.3, 0.4) is 0 Å². The zero-order valence-corrected chi connectivity index (χ0v) is 17.3. The number of carboxylic acid groups (broad SMARTS) is 1. The molecule has 7 nitrogen and oxygen atoms in total. The van der Waals surface area contributed by atoms with Crippen LogP contribution in [0.1, 0.15) is 30.0 Å². The topological polar surface area (TPSA) is 86.9 Å². The summed E-state index contributed by atoms with van der Waals surface area (Å²) in [6.45, 7) is 8.16. The van der Waals surface area contributed by atoms with E-state index in [0.29, 0.717) is 22.4 Å². The molecular weight excluding hydrogens is 401 g/mol. The molecule has 8 heteroatoms. The van der Waals surface area contributed by atoms with Crippen LogP contribution in [0.25, 0.3) is 28.4 Å². The molecule has 1 aliphatic rings. The van der Waals surface area contributed by atoms with Crippen LogP contribution >= 0.6 is 0 Å². The molecule has 4 rings (SSSR count). The molecule has 1 N–H and O–H groups in total. The third-order valence-electron chi connectivity index (χ3n) is 5.50. The van der Waals surface area contributed by atoms with Gasteiger partial charge in [0, 0.05) is 36.8 Å². The Balaban J connectivity index is 1.70. The minimum atomic E-state index is -1.00. The van der Waals surface area contributed by atoms with Crippen molar-refractivity contribution >= 4 is 29.2 Å². The molecule has 31 heavy (non-hydrogen) atoms. The van der Waals surface area contributed by atoms with Crippen molar-refractivity contribution in [3.05, 3.63) is 60.1 Å². The molecule has 1 aromatic carbocycles. The molecule has 1 saturated heterocycles. The van der Waals surface area contributed by atoms with Gasteiger partial charge in [-0.1, -0.05) is 12.7 Å². The van der Waals surface area contributed by atoms with E-state index in [9.17, 15) is 19.1 Å². The third-order valence-corrected chi connectivity index (χ3v) is 5.50. The number of carbonyl (C=O) groups excluding carboxylic acids is 1. The van der Waals surface area contributed by atoms with Gasteiger partial charge in [0.05, 0.1) is 11.2 Å². The van der Waals surface area contributed by atoms with Gasteiger partial charge in [0.2, 0.25) is 0 Å². The van der Waals surface area contributed by atoms with Crippen LogP contribution in [-0.2, 0) is 0 Å². The van der Waals surface area contributed by atoms with Crippen molar-refractivity contribution in [1.82, 2.24) is 14.8 Å². The molecule has 0 bridgehead atoms. The van der Waals surface area contributed by atoms with Crippen LogP contribution in [0.15, 0.2) is 47.4 Å². The molecule has 0 spiro atoms. The number of aromatic nitrogens is 1. The highest BCUT2D eigenvalue weighted by molar-refractivity contribution is 5.97. The number of benzene rings is 1. The highest BCUT2D eigenvalue weighted by Gasteiger charge is 2.39. The predicted molar refractivity (Wildman–Crippen MR) is 114 cm³/mol. The minimum Gasteiger partial charge on any atom is -0.465 e. The molecule has 3 heterocycles. The van der Waals surface area contributed by atoms with Gasteiger partial charge in [0.1, 0.15) is 11.3 Å². The Kier molecular flexibility index (Phi) is 5.00. The van der Waals surface area contributed by atoms with Crippen LogP contribution in [0, 0.1) is 5.82 Å². The number of hydrogen-bond donors (Lipinski definition) is 1. The second-order valence-electron chi connectivity index (χ2n) is 8.11. The molecular formula is C23H22FN3O4. The van der Waals surface area contributed by atoms with Crippen molar-refractivity contribution in [3.63, 3.8) is 0 Å². The zero-order valence-electron chi connectivity index (χ0n) is 17.3. The molecule has 0 saturated carbocycles. The molecule has 1 aliphatic heterocycles. The molecule has 2 aromatic heterocycles. The first-order chi connectivity index (χ1) is 14.7. The Labute approximate surface area is 178 Å². The number of fused-ring (bicyclic) bond motifs is 1. The molecule has 160 valence electrons. The van der Waals surface area contributed by atoms with E-state index in [0.717, 1.165) is 5.56 Å². The minimum absolute atomic E-state index is 0.124. The molecule has 0 unspecified atom stereocenters. The highest BCUT2D eigenvalue weighted by Crippen LogP contribution is 2.30. The van der Waals surface area contributed by atoms with E-state index in [1.807, 2.05) is 13.8 Å². The number of rotatable bonds is 3. The van der Waals surface area contributed by atoms with E-state index in [2.05, 4.69) is 11.6 Å². The fraction of sp³-hybridized carbons (Fsp3) is 0.261. The lowest BCUT2D eigenvalue weighted by atomic mass is 9.98. The van der Waals surface area contributed by atoms with Gasteiger partial charge >= 0.3 is 6.09 Å². The number of halogens is 1. The molecule has 0 atom stereocenters. The number of furan rings is 1. The summed E-state index contributed by atoms with van der Waals surface area (Å²) in [4.78, 5) is 32.0. The molecule has 2 amide bonds. The van der Waals surface area contributed by atoms with Gasteiger partial charge in [-0.3, -0.25) is 4.79 Å². The van der Waals surface area contributed by atoms with E-state index in [1.165, 1.54) is 17.0 Å². The summed E-state index contributed by atoms with van der Waals surface area (Å²) >= 11 is 0. The first kappa shape index (κ1) is 20.6. The monoisotopic (exact) mass is 423 g/mol. The summed E-state index contributed by atoms with van der Waals surface area (Å²) in [5.74, 6) is -0.541. The first-order valence-electron chi connectivity index (χ1n) is 9.82. The normalized spacial score (nSPS) is 15.8. The summed E-state index contributed by atoms with van der Waals surface area (Å²) < 4.78 is 19.1. The second-order valence-corrected chi connectivity index (χ2v) is 8.11. The summed E-state index contributed by atoms with van der Waals surface area (Å²) in [6, 6.07) is 9.34. The maximum atomic E-state index is 13.3. The fourth-order valence-corrected chi connectivity index (χ4v) is 3.90. The first-order valence-corrected chi connectivity index (χ1v) is 9.82. The standard InChI is InChI=1S/C23H22FN3O4/c1-4-14-11-17(15-5-7-16(24)8-6-15)25-18-12-19(31-20(14)18)21(28)27-10-9-26(22(29)30)13-23(27,2)3/h4-8,11-12H,1,9-10,13H2,2-3H3,(H,29,30). The highest BCUT2D eigenvalue weighted by atomic mass is 19.1. The molecule has 0 aliphatic carbocycles. The van der Waals surface area contributed by atoms with Gasteiger partial charge in [-0.25, -0.2) is 14.2 Å². The van der Waals surface area contributed by atoms with Crippen molar-refractivity contribution in [3.8, 4) is 11.3 Å². The Morgan fingerprint density at radius 2 is 1.94 bits per heavy atom. The van der Waals surface area contributed by atoms with Crippen molar-refractivity contribution in [2.24, 2.45) is 0 Å². The maximum absolute atomic E-state index is 13.3. The van der Waals surface area contributed by atoms with Crippen LogP contribution in [-0.4, -0.2) is 57.1 Å².